The molecule has 102 valence electrons. The van der Waals surface area contributed by atoms with Gasteiger partial charge in [-0.1, -0.05) is 59.5 Å². The van der Waals surface area contributed by atoms with Crippen LogP contribution in [0.3, 0.4) is 0 Å². The summed E-state index contributed by atoms with van der Waals surface area (Å²) in [5.74, 6) is -0.106. The first-order chi connectivity index (χ1) is 9.22. The molecule has 0 unspecified atom stereocenters. The van der Waals surface area contributed by atoms with Crippen LogP contribution in [-0.2, 0) is 9.53 Å². The third-order valence-electron chi connectivity index (χ3n) is 3.28. The first kappa shape index (κ1) is 14.5. The zero-order chi connectivity index (χ0) is 13.7. The van der Waals surface area contributed by atoms with E-state index in [-0.39, 0.29) is 24.2 Å². The average molecular weight is 371 g/mol. The van der Waals surface area contributed by atoms with Crippen molar-refractivity contribution >= 4 is 28.5 Å². The summed E-state index contributed by atoms with van der Waals surface area (Å²) in [6.07, 6.45) is 3.26. The van der Waals surface area contributed by atoms with E-state index in [4.69, 9.17) is 4.74 Å². The molecule has 3 atom stereocenters. The Balaban J connectivity index is 2.08. The molecule has 19 heavy (non-hydrogen) atoms. The fraction of sp³-hybridized carbons (Fsp3) is 0.400. The number of hydrogen-bond donors (Lipinski definition) is 1. The highest BCUT2D eigenvalue weighted by molar-refractivity contribution is 14.1. The summed E-state index contributed by atoms with van der Waals surface area (Å²) in [6, 6.07) is 10.3. The molecule has 4 heteroatoms. The van der Waals surface area contributed by atoms with Gasteiger partial charge in [-0.25, -0.2) is 0 Å². The van der Waals surface area contributed by atoms with Crippen molar-refractivity contribution in [1.29, 1.82) is 0 Å². The number of rotatable bonds is 4. The van der Waals surface area contributed by atoms with Crippen molar-refractivity contribution in [1.82, 2.24) is 5.32 Å². The lowest BCUT2D eigenvalue weighted by Gasteiger charge is -2.35. The first-order valence-corrected chi connectivity index (χ1v) is 7.94. The molecule has 1 saturated heterocycles. The van der Waals surface area contributed by atoms with E-state index < -0.39 is 0 Å². The van der Waals surface area contributed by atoms with Crippen LogP contribution in [-0.4, -0.2) is 22.5 Å². The van der Waals surface area contributed by atoms with E-state index >= 15 is 0 Å². The molecule has 2 rings (SSSR count). The van der Waals surface area contributed by atoms with Gasteiger partial charge in [-0.05, 0) is 24.5 Å². The molecule has 0 aliphatic carbocycles. The number of ether oxygens (including phenoxy) is 1. The summed E-state index contributed by atoms with van der Waals surface area (Å²) >= 11 is 2.33. The Kier molecular flexibility index (Phi) is 5.39. The highest BCUT2D eigenvalue weighted by Crippen LogP contribution is 2.32. The van der Waals surface area contributed by atoms with Crippen LogP contribution < -0.4 is 5.32 Å². The lowest BCUT2D eigenvalue weighted by molar-refractivity contribution is -0.119. The van der Waals surface area contributed by atoms with Crippen LogP contribution in [0.25, 0.3) is 0 Å². The first-order valence-electron chi connectivity index (χ1n) is 6.42. The van der Waals surface area contributed by atoms with Gasteiger partial charge in [0.25, 0.3) is 0 Å². The van der Waals surface area contributed by atoms with Crippen molar-refractivity contribution in [2.45, 2.75) is 31.1 Å². The maximum Gasteiger partial charge on any atom is 0.243 e. The summed E-state index contributed by atoms with van der Waals surface area (Å²) in [6.45, 7) is 3.50. The molecule has 1 heterocycles. The monoisotopic (exact) mass is 371 g/mol. The highest BCUT2D eigenvalue weighted by atomic mass is 127. The van der Waals surface area contributed by atoms with Crippen LogP contribution in [0.15, 0.2) is 43.0 Å². The van der Waals surface area contributed by atoms with E-state index in [0.29, 0.717) is 0 Å². The second kappa shape index (κ2) is 7.05. The van der Waals surface area contributed by atoms with Gasteiger partial charge in [-0.3, -0.25) is 4.79 Å². The molecule has 0 bridgehead atoms. The predicted octanol–water partition coefficient (Wildman–Crippen LogP) is 3.01. The van der Waals surface area contributed by atoms with Gasteiger partial charge in [0.15, 0.2) is 0 Å². The quantitative estimate of drug-likeness (QED) is 0.502. The lowest BCUT2D eigenvalue weighted by Crippen LogP contribution is -2.42. The third kappa shape index (κ3) is 4.04. The number of nitrogens with one attached hydrogen (secondary N) is 1. The topological polar surface area (TPSA) is 38.3 Å². The summed E-state index contributed by atoms with van der Waals surface area (Å²) in [7, 11) is 0. The van der Waals surface area contributed by atoms with Gasteiger partial charge in [0.2, 0.25) is 5.91 Å². The Labute approximate surface area is 127 Å². The molecular weight excluding hydrogens is 353 g/mol. The molecule has 0 saturated carbocycles. The summed E-state index contributed by atoms with van der Waals surface area (Å²) in [5, 5.41) is 2.99. The van der Waals surface area contributed by atoms with E-state index in [0.717, 1.165) is 17.3 Å². The van der Waals surface area contributed by atoms with Crippen LogP contribution in [0.5, 0.6) is 0 Å². The average Bonchev–Trinajstić information content (AvgIpc) is 2.47. The van der Waals surface area contributed by atoms with Gasteiger partial charge in [-0.15, -0.1) is 0 Å². The predicted molar refractivity (Wildman–Crippen MR) is 84.3 cm³/mol. The number of alkyl halides is 1. The number of hydrogen-bond acceptors (Lipinski definition) is 2. The van der Waals surface area contributed by atoms with Gasteiger partial charge in [0, 0.05) is 10.5 Å². The van der Waals surface area contributed by atoms with E-state index in [1.54, 1.807) is 0 Å². The van der Waals surface area contributed by atoms with Crippen LogP contribution in [0.4, 0.5) is 0 Å². The van der Waals surface area contributed by atoms with E-state index in [1.165, 1.54) is 11.6 Å². The Morgan fingerprint density at radius 2 is 2.16 bits per heavy atom. The second-order valence-corrected chi connectivity index (χ2v) is 5.57. The fourth-order valence-electron chi connectivity index (χ4n) is 2.38. The van der Waals surface area contributed by atoms with Crippen LogP contribution in [0.2, 0.25) is 0 Å². The smallest absolute Gasteiger partial charge is 0.243 e. The molecule has 1 aliphatic heterocycles. The van der Waals surface area contributed by atoms with Crippen molar-refractivity contribution in [3.8, 4) is 0 Å². The van der Waals surface area contributed by atoms with Crippen molar-refractivity contribution in [2.75, 3.05) is 4.43 Å². The number of amides is 1. The minimum Gasteiger partial charge on any atom is -0.369 e. The molecule has 1 aliphatic rings. The number of halogens is 1. The standard InChI is InChI=1S/C15H18INO2/c1-2-15(18)17-12-8-13(10-16)19-14(9-12)11-6-4-3-5-7-11/h2-7,12-14H,1,8-10H2,(H,17,18)/t12-,13-,14+/m0/s1. The Hall–Kier alpha value is -0.880. The number of benzene rings is 1. The summed E-state index contributed by atoms with van der Waals surface area (Å²) < 4.78 is 7.01. The van der Waals surface area contributed by atoms with Crippen LogP contribution in [0, 0.1) is 0 Å². The Morgan fingerprint density at radius 3 is 2.79 bits per heavy atom. The molecule has 0 radical (unpaired) electrons. The SMILES string of the molecule is C=CC(=O)N[C@H]1C[C@@H](CI)O[C@@H](c2ccccc2)C1. The van der Waals surface area contributed by atoms with Gasteiger partial charge < -0.3 is 10.1 Å². The Morgan fingerprint density at radius 1 is 1.42 bits per heavy atom. The molecule has 3 nitrogen and oxygen atoms in total. The second-order valence-electron chi connectivity index (χ2n) is 4.69. The summed E-state index contributed by atoms with van der Waals surface area (Å²) in [4.78, 5) is 11.4. The molecule has 0 aromatic heterocycles. The van der Waals surface area contributed by atoms with Crippen molar-refractivity contribution in [2.24, 2.45) is 0 Å². The van der Waals surface area contributed by atoms with Gasteiger partial charge in [0.1, 0.15) is 0 Å². The van der Waals surface area contributed by atoms with Crippen molar-refractivity contribution < 1.29 is 9.53 Å². The summed E-state index contributed by atoms with van der Waals surface area (Å²) in [5.41, 5.74) is 1.18. The van der Waals surface area contributed by atoms with Crippen molar-refractivity contribution in [3.63, 3.8) is 0 Å². The molecule has 1 amide bonds. The molecule has 1 fully saturated rings. The van der Waals surface area contributed by atoms with Gasteiger partial charge in [-0.2, -0.15) is 0 Å². The number of carbonyl (C=O) groups is 1. The van der Waals surface area contributed by atoms with E-state index in [2.05, 4.69) is 46.6 Å². The third-order valence-corrected chi connectivity index (χ3v) is 4.26. The van der Waals surface area contributed by atoms with E-state index in [1.807, 2.05) is 18.2 Å². The maximum absolute atomic E-state index is 11.4. The molecular formula is C15H18INO2. The van der Waals surface area contributed by atoms with Crippen LogP contribution >= 0.6 is 22.6 Å². The minimum atomic E-state index is -0.106. The molecule has 0 spiro atoms. The fourth-order valence-corrected chi connectivity index (χ4v) is 2.94. The number of carbonyl (C=O) groups excluding carboxylic acids is 1. The zero-order valence-electron chi connectivity index (χ0n) is 10.7. The minimum absolute atomic E-state index is 0.0600. The van der Waals surface area contributed by atoms with Crippen LogP contribution in [0.1, 0.15) is 24.5 Å². The molecule has 1 aromatic rings. The zero-order valence-corrected chi connectivity index (χ0v) is 12.9. The maximum atomic E-state index is 11.4. The largest absolute Gasteiger partial charge is 0.369 e. The van der Waals surface area contributed by atoms with Crippen molar-refractivity contribution in [3.05, 3.63) is 48.6 Å². The highest BCUT2D eigenvalue weighted by Gasteiger charge is 2.30. The molecule has 1 N–H and O–H groups in total. The van der Waals surface area contributed by atoms with Gasteiger partial charge >= 0.3 is 0 Å². The van der Waals surface area contributed by atoms with E-state index in [9.17, 15) is 4.79 Å². The van der Waals surface area contributed by atoms with Gasteiger partial charge in [0.05, 0.1) is 12.2 Å². The Bertz CT molecular complexity index is 435. The molecule has 1 aromatic carbocycles. The lowest BCUT2D eigenvalue weighted by atomic mass is 9.94. The normalized spacial score (nSPS) is 26.7.